The van der Waals surface area contributed by atoms with Crippen LogP contribution in [0.1, 0.15) is 24.0 Å². The van der Waals surface area contributed by atoms with E-state index in [1.54, 1.807) is 28.4 Å². The molecule has 2 aliphatic carbocycles. The fourth-order valence-corrected chi connectivity index (χ4v) is 5.27. The van der Waals surface area contributed by atoms with Crippen LogP contribution in [0.2, 0.25) is 0 Å². The molecule has 6 heteroatoms. The molecule has 1 saturated heterocycles. The molecule has 3 aliphatic rings. The van der Waals surface area contributed by atoms with Crippen LogP contribution >= 0.6 is 0 Å². The summed E-state index contributed by atoms with van der Waals surface area (Å²) in [6.45, 7) is 0.947. The molecule has 1 heterocycles. The second-order valence-corrected chi connectivity index (χ2v) is 7.75. The number of rotatable bonds is 4. The maximum Gasteiger partial charge on any atom is 0.203 e. The van der Waals surface area contributed by atoms with E-state index in [2.05, 4.69) is 24.1 Å². The SMILES string of the molecule is COC1=C[C@]23CCN(C)[C@@H](CCc4cc(OC)c(OC)c(OC)c42)C3=C[C@@H]1O. The van der Waals surface area contributed by atoms with Crippen molar-refractivity contribution in [2.75, 3.05) is 42.0 Å². The molecule has 0 aromatic heterocycles. The Kier molecular flexibility index (Phi) is 4.79. The Hall–Kier alpha value is -2.18. The largest absolute Gasteiger partial charge is 0.498 e. The van der Waals surface area contributed by atoms with Crippen molar-refractivity contribution in [2.45, 2.75) is 36.8 Å². The minimum absolute atomic E-state index is 0.257. The number of hydrogen-bond donors (Lipinski definition) is 1. The highest BCUT2D eigenvalue weighted by Gasteiger charge is 2.50. The van der Waals surface area contributed by atoms with E-state index < -0.39 is 11.5 Å². The highest BCUT2D eigenvalue weighted by molar-refractivity contribution is 5.67. The van der Waals surface area contributed by atoms with E-state index in [1.807, 2.05) is 6.08 Å². The van der Waals surface area contributed by atoms with Crippen LogP contribution in [0.25, 0.3) is 0 Å². The number of nitrogens with zero attached hydrogens (tertiary/aromatic N) is 1. The standard InChI is InChI=1S/C22H29NO5/c1-23-9-8-22-12-18(26-3)16(24)11-14(22)15(23)7-6-13-10-17(25-2)20(27-4)21(28-5)19(13)22/h10-12,15-16,24H,6-9H2,1-5H3/t15-,16-,22-/m0/s1. The molecule has 4 rings (SSSR count). The maximum absolute atomic E-state index is 10.6. The van der Waals surface area contributed by atoms with Crippen LogP contribution < -0.4 is 14.2 Å². The highest BCUT2D eigenvalue weighted by atomic mass is 16.5. The first kappa shape index (κ1) is 19.2. The number of aliphatic hydroxyl groups is 1. The molecule has 3 atom stereocenters. The van der Waals surface area contributed by atoms with E-state index in [0.717, 1.165) is 31.4 Å². The van der Waals surface area contributed by atoms with Crippen molar-refractivity contribution >= 4 is 0 Å². The summed E-state index contributed by atoms with van der Waals surface area (Å²) in [5, 5.41) is 10.6. The smallest absolute Gasteiger partial charge is 0.203 e. The summed E-state index contributed by atoms with van der Waals surface area (Å²) < 4.78 is 22.8. The van der Waals surface area contributed by atoms with Crippen molar-refractivity contribution in [2.24, 2.45) is 0 Å². The summed E-state index contributed by atoms with van der Waals surface area (Å²) in [6.07, 6.45) is 6.10. The number of fused-ring (bicyclic) bond motifs is 1. The third kappa shape index (κ3) is 2.54. The Labute approximate surface area is 166 Å². The Morgan fingerprint density at radius 2 is 1.82 bits per heavy atom. The van der Waals surface area contributed by atoms with Gasteiger partial charge in [0.25, 0.3) is 0 Å². The second kappa shape index (κ2) is 7.01. The van der Waals surface area contributed by atoms with Gasteiger partial charge in [-0.3, -0.25) is 4.90 Å². The number of hydrogen-bond acceptors (Lipinski definition) is 6. The number of allylic oxidation sites excluding steroid dienone is 1. The lowest BCUT2D eigenvalue weighted by atomic mass is 9.64. The number of benzene rings is 1. The van der Waals surface area contributed by atoms with E-state index in [0.29, 0.717) is 23.0 Å². The quantitative estimate of drug-likeness (QED) is 0.801. The zero-order valence-corrected chi connectivity index (χ0v) is 17.2. The Morgan fingerprint density at radius 3 is 2.46 bits per heavy atom. The van der Waals surface area contributed by atoms with Gasteiger partial charge in [0.15, 0.2) is 11.5 Å². The lowest BCUT2D eigenvalue weighted by molar-refractivity contribution is 0.136. The van der Waals surface area contributed by atoms with Crippen molar-refractivity contribution in [3.8, 4) is 17.2 Å². The molecule has 1 aliphatic heterocycles. The van der Waals surface area contributed by atoms with Gasteiger partial charge < -0.3 is 24.1 Å². The van der Waals surface area contributed by atoms with Crippen molar-refractivity contribution in [3.63, 3.8) is 0 Å². The zero-order valence-electron chi connectivity index (χ0n) is 17.2. The average Bonchev–Trinajstić information content (AvgIpc) is 2.80. The molecule has 0 radical (unpaired) electrons. The normalized spacial score (nSPS) is 28.9. The van der Waals surface area contributed by atoms with Crippen molar-refractivity contribution in [3.05, 3.63) is 40.7 Å². The monoisotopic (exact) mass is 387 g/mol. The molecule has 6 nitrogen and oxygen atoms in total. The third-order valence-corrected chi connectivity index (χ3v) is 6.56. The average molecular weight is 387 g/mol. The van der Waals surface area contributed by atoms with E-state index >= 15 is 0 Å². The van der Waals surface area contributed by atoms with Crippen molar-refractivity contribution in [1.29, 1.82) is 0 Å². The molecule has 1 fully saturated rings. The number of piperidine rings is 1. The molecule has 28 heavy (non-hydrogen) atoms. The lowest BCUT2D eigenvalue weighted by Crippen LogP contribution is -2.50. The summed E-state index contributed by atoms with van der Waals surface area (Å²) in [6, 6.07) is 2.34. The number of aryl methyl sites for hydroxylation is 1. The summed E-state index contributed by atoms with van der Waals surface area (Å²) in [5.74, 6) is 2.57. The summed E-state index contributed by atoms with van der Waals surface area (Å²) in [4.78, 5) is 2.38. The third-order valence-electron chi connectivity index (χ3n) is 6.56. The van der Waals surface area contributed by atoms with E-state index in [-0.39, 0.29) is 6.04 Å². The van der Waals surface area contributed by atoms with Gasteiger partial charge in [-0.2, -0.15) is 0 Å². The van der Waals surface area contributed by atoms with E-state index in [4.69, 9.17) is 18.9 Å². The Morgan fingerprint density at radius 1 is 1.07 bits per heavy atom. The van der Waals surface area contributed by atoms with Crippen molar-refractivity contribution in [1.82, 2.24) is 4.90 Å². The molecule has 0 spiro atoms. The van der Waals surface area contributed by atoms with Gasteiger partial charge in [0.1, 0.15) is 11.9 Å². The maximum atomic E-state index is 10.6. The number of methoxy groups -OCH3 is 4. The minimum Gasteiger partial charge on any atom is -0.498 e. The molecule has 1 N–H and O–H groups in total. The topological polar surface area (TPSA) is 60.4 Å². The van der Waals surface area contributed by atoms with Gasteiger partial charge in [-0.25, -0.2) is 0 Å². The number of aliphatic hydroxyl groups excluding tert-OH is 1. The second-order valence-electron chi connectivity index (χ2n) is 7.75. The van der Waals surface area contributed by atoms with Crippen LogP contribution in [-0.4, -0.2) is 64.2 Å². The number of ether oxygens (including phenoxy) is 4. The van der Waals surface area contributed by atoms with Gasteiger partial charge in [0, 0.05) is 17.0 Å². The molecule has 0 saturated carbocycles. The predicted molar refractivity (Wildman–Crippen MR) is 106 cm³/mol. The Balaban J connectivity index is 2.06. The fraction of sp³-hybridized carbons (Fsp3) is 0.545. The van der Waals surface area contributed by atoms with Crippen LogP contribution in [0.4, 0.5) is 0 Å². The van der Waals surface area contributed by atoms with Gasteiger partial charge in [-0.05, 0) is 62.2 Å². The molecule has 0 amide bonds. The van der Waals surface area contributed by atoms with Crippen LogP contribution in [0, 0.1) is 0 Å². The predicted octanol–water partition coefficient (Wildman–Crippen LogP) is 2.43. The summed E-state index contributed by atoms with van der Waals surface area (Å²) >= 11 is 0. The number of likely N-dealkylation sites (N-methyl/N-ethyl adjacent to an activating group) is 1. The summed E-state index contributed by atoms with van der Waals surface area (Å²) in [5.41, 5.74) is 3.13. The molecule has 1 aromatic rings. The van der Waals surface area contributed by atoms with E-state index in [9.17, 15) is 5.11 Å². The molecule has 2 bridgehead atoms. The van der Waals surface area contributed by atoms with Crippen LogP contribution in [0.3, 0.4) is 0 Å². The molecule has 1 aromatic carbocycles. The van der Waals surface area contributed by atoms with Crippen LogP contribution in [-0.2, 0) is 16.6 Å². The summed E-state index contributed by atoms with van der Waals surface area (Å²) in [7, 11) is 8.73. The first-order valence-corrected chi connectivity index (χ1v) is 9.70. The molecular formula is C22H29NO5. The van der Waals surface area contributed by atoms with Crippen LogP contribution in [0.5, 0.6) is 17.2 Å². The lowest BCUT2D eigenvalue weighted by Gasteiger charge is -2.48. The van der Waals surface area contributed by atoms with Gasteiger partial charge in [0.2, 0.25) is 5.75 Å². The van der Waals surface area contributed by atoms with Gasteiger partial charge in [-0.1, -0.05) is 0 Å². The first-order chi connectivity index (χ1) is 13.5. The van der Waals surface area contributed by atoms with Gasteiger partial charge >= 0.3 is 0 Å². The number of likely N-dealkylation sites (tertiary alicyclic amines) is 1. The Bertz CT molecular complexity index is 846. The fourth-order valence-electron chi connectivity index (χ4n) is 5.27. The molecular weight excluding hydrogens is 358 g/mol. The van der Waals surface area contributed by atoms with Gasteiger partial charge in [0.05, 0.1) is 28.4 Å². The van der Waals surface area contributed by atoms with Gasteiger partial charge in [-0.15, -0.1) is 0 Å². The highest BCUT2D eigenvalue weighted by Crippen LogP contribution is 2.57. The van der Waals surface area contributed by atoms with Crippen LogP contribution in [0.15, 0.2) is 29.6 Å². The zero-order chi connectivity index (χ0) is 20.1. The first-order valence-electron chi connectivity index (χ1n) is 9.70. The van der Waals surface area contributed by atoms with Crippen molar-refractivity contribution < 1.29 is 24.1 Å². The molecule has 152 valence electrons. The van der Waals surface area contributed by atoms with E-state index in [1.165, 1.54) is 11.1 Å². The molecule has 0 unspecified atom stereocenters. The minimum atomic E-state index is -0.727.